The molecule has 0 aliphatic heterocycles. The van der Waals surface area contributed by atoms with Crippen LogP contribution in [0.2, 0.25) is 0 Å². The second kappa shape index (κ2) is 7.22. The van der Waals surface area contributed by atoms with E-state index in [4.69, 9.17) is 10.00 Å². The van der Waals surface area contributed by atoms with Gasteiger partial charge < -0.3 is 4.74 Å². The van der Waals surface area contributed by atoms with Crippen LogP contribution in [0.4, 0.5) is 4.39 Å². The van der Waals surface area contributed by atoms with Crippen LogP contribution in [0.5, 0.6) is 0 Å². The molecule has 2 aromatic carbocycles. The smallest absolute Gasteiger partial charge is 0.123 e. The van der Waals surface area contributed by atoms with Gasteiger partial charge in [-0.15, -0.1) is 0 Å². The second-order valence-corrected chi connectivity index (χ2v) is 4.24. The molecule has 0 bridgehead atoms. The Balaban J connectivity index is 1.86. The summed E-state index contributed by atoms with van der Waals surface area (Å²) in [5.74, 6) is -0.359. The topological polar surface area (TPSA) is 33.0 Å². The predicted molar refractivity (Wildman–Crippen MR) is 76.2 cm³/mol. The number of nitriles is 1. The molecule has 100 valence electrons. The van der Waals surface area contributed by atoms with E-state index in [2.05, 4.69) is 0 Å². The summed E-state index contributed by atoms with van der Waals surface area (Å²) in [4.78, 5) is 0. The highest BCUT2D eigenvalue weighted by atomic mass is 19.1. The van der Waals surface area contributed by atoms with Crippen LogP contribution in [0.1, 0.15) is 16.7 Å². The van der Waals surface area contributed by atoms with Gasteiger partial charge in [0.05, 0.1) is 24.8 Å². The SMILES string of the molecule is N#Cc1ccc(F)cc1COC/C=C/c1ccccc1. The molecule has 20 heavy (non-hydrogen) atoms. The molecule has 0 aliphatic carbocycles. The molecule has 2 rings (SSSR count). The summed E-state index contributed by atoms with van der Waals surface area (Å²) in [5.41, 5.74) is 2.11. The lowest BCUT2D eigenvalue weighted by Crippen LogP contribution is -1.97. The molecule has 2 nitrogen and oxygen atoms in total. The van der Waals surface area contributed by atoms with E-state index in [-0.39, 0.29) is 12.4 Å². The zero-order valence-corrected chi connectivity index (χ0v) is 10.9. The van der Waals surface area contributed by atoms with Gasteiger partial charge in [-0.3, -0.25) is 0 Å². The first-order chi connectivity index (χ1) is 9.79. The number of hydrogen-bond donors (Lipinski definition) is 0. The van der Waals surface area contributed by atoms with Crippen molar-refractivity contribution < 1.29 is 9.13 Å². The second-order valence-electron chi connectivity index (χ2n) is 4.24. The monoisotopic (exact) mass is 267 g/mol. The molecule has 0 saturated heterocycles. The average Bonchev–Trinajstić information content (AvgIpc) is 2.48. The van der Waals surface area contributed by atoms with Gasteiger partial charge >= 0.3 is 0 Å². The highest BCUT2D eigenvalue weighted by Crippen LogP contribution is 2.11. The first-order valence-electron chi connectivity index (χ1n) is 6.27. The van der Waals surface area contributed by atoms with E-state index in [1.54, 1.807) is 0 Å². The Kier molecular flexibility index (Phi) is 5.05. The third kappa shape index (κ3) is 4.04. The molecule has 0 aromatic heterocycles. The molecule has 0 saturated carbocycles. The fourth-order valence-corrected chi connectivity index (χ4v) is 1.78. The van der Waals surface area contributed by atoms with Gasteiger partial charge in [0.25, 0.3) is 0 Å². The number of benzene rings is 2. The maximum Gasteiger partial charge on any atom is 0.123 e. The van der Waals surface area contributed by atoms with Gasteiger partial charge in [-0.25, -0.2) is 4.39 Å². The van der Waals surface area contributed by atoms with Crippen LogP contribution < -0.4 is 0 Å². The molecular formula is C17H14FNO. The number of hydrogen-bond acceptors (Lipinski definition) is 2. The number of ether oxygens (including phenoxy) is 1. The van der Waals surface area contributed by atoms with Gasteiger partial charge in [-0.2, -0.15) is 5.26 Å². The van der Waals surface area contributed by atoms with E-state index in [0.717, 1.165) is 5.56 Å². The van der Waals surface area contributed by atoms with E-state index in [9.17, 15) is 4.39 Å². The quantitative estimate of drug-likeness (QED) is 0.769. The van der Waals surface area contributed by atoms with Crippen LogP contribution in [-0.2, 0) is 11.3 Å². The highest BCUT2D eigenvalue weighted by molar-refractivity contribution is 5.48. The van der Waals surface area contributed by atoms with Crippen molar-refractivity contribution in [3.05, 3.63) is 77.1 Å². The van der Waals surface area contributed by atoms with E-state index in [1.807, 2.05) is 48.6 Å². The largest absolute Gasteiger partial charge is 0.373 e. The summed E-state index contributed by atoms with van der Waals surface area (Å²) >= 11 is 0. The number of halogens is 1. The summed E-state index contributed by atoms with van der Waals surface area (Å²) in [5, 5.41) is 8.92. The number of rotatable bonds is 5. The Hall–Kier alpha value is -2.44. The standard InChI is InChI=1S/C17H14FNO/c18-17-9-8-15(12-19)16(11-17)13-20-10-4-7-14-5-2-1-3-6-14/h1-9,11H,10,13H2/b7-4+. The molecule has 2 aromatic rings. The molecule has 0 amide bonds. The molecule has 0 fully saturated rings. The van der Waals surface area contributed by atoms with Crippen LogP contribution in [0, 0.1) is 17.1 Å². The average molecular weight is 267 g/mol. The normalized spacial score (nSPS) is 10.6. The lowest BCUT2D eigenvalue weighted by molar-refractivity contribution is 0.148. The van der Waals surface area contributed by atoms with E-state index in [0.29, 0.717) is 17.7 Å². The molecular weight excluding hydrogens is 253 g/mol. The minimum atomic E-state index is -0.359. The van der Waals surface area contributed by atoms with Crippen LogP contribution in [0.3, 0.4) is 0 Å². The Bertz CT molecular complexity index is 629. The first-order valence-corrected chi connectivity index (χ1v) is 6.27. The van der Waals surface area contributed by atoms with Gasteiger partial charge in [0.15, 0.2) is 0 Å². The van der Waals surface area contributed by atoms with Crippen LogP contribution >= 0.6 is 0 Å². The van der Waals surface area contributed by atoms with Gasteiger partial charge in [-0.1, -0.05) is 42.5 Å². The summed E-state index contributed by atoms with van der Waals surface area (Å²) in [6.07, 6.45) is 3.84. The fourth-order valence-electron chi connectivity index (χ4n) is 1.78. The van der Waals surface area contributed by atoms with Crippen molar-refractivity contribution in [2.75, 3.05) is 6.61 Å². The van der Waals surface area contributed by atoms with Crippen molar-refractivity contribution in [1.29, 1.82) is 5.26 Å². The number of nitrogens with zero attached hydrogens (tertiary/aromatic N) is 1. The van der Waals surface area contributed by atoms with Crippen molar-refractivity contribution in [1.82, 2.24) is 0 Å². The molecule has 0 N–H and O–H groups in total. The van der Waals surface area contributed by atoms with Gasteiger partial charge in [0.1, 0.15) is 5.82 Å². The van der Waals surface area contributed by atoms with Crippen LogP contribution in [0.25, 0.3) is 6.08 Å². The summed E-state index contributed by atoms with van der Waals surface area (Å²) < 4.78 is 18.5. The molecule has 0 unspecified atom stereocenters. The Labute approximate surface area is 117 Å². The first kappa shape index (κ1) is 14.0. The van der Waals surface area contributed by atoms with E-state index >= 15 is 0 Å². The van der Waals surface area contributed by atoms with Crippen molar-refractivity contribution in [2.45, 2.75) is 6.61 Å². The van der Waals surface area contributed by atoms with Crippen molar-refractivity contribution in [3.8, 4) is 6.07 Å². The lowest BCUT2D eigenvalue weighted by atomic mass is 10.1. The lowest BCUT2D eigenvalue weighted by Gasteiger charge is -2.04. The summed E-state index contributed by atoms with van der Waals surface area (Å²) in [6.45, 7) is 0.635. The maximum absolute atomic E-state index is 13.1. The fraction of sp³-hybridized carbons (Fsp3) is 0.118. The molecule has 0 heterocycles. The van der Waals surface area contributed by atoms with Crippen molar-refractivity contribution in [2.24, 2.45) is 0 Å². The van der Waals surface area contributed by atoms with Crippen LogP contribution in [-0.4, -0.2) is 6.61 Å². The minimum Gasteiger partial charge on any atom is -0.373 e. The van der Waals surface area contributed by atoms with E-state index < -0.39 is 0 Å². The minimum absolute atomic E-state index is 0.222. The summed E-state index contributed by atoms with van der Waals surface area (Å²) in [6, 6.07) is 16.0. The van der Waals surface area contributed by atoms with Gasteiger partial charge in [0.2, 0.25) is 0 Å². The Morgan fingerprint density at radius 3 is 2.70 bits per heavy atom. The molecule has 3 heteroatoms. The zero-order valence-electron chi connectivity index (χ0n) is 10.9. The third-order valence-corrected chi connectivity index (χ3v) is 2.77. The highest BCUT2D eigenvalue weighted by Gasteiger charge is 2.03. The Morgan fingerprint density at radius 2 is 1.95 bits per heavy atom. The van der Waals surface area contributed by atoms with Crippen molar-refractivity contribution in [3.63, 3.8) is 0 Å². The molecule has 0 spiro atoms. The summed E-state index contributed by atoms with van der Waals surface area (Å²) in [7, 11) is 0. The molecule has 0 radical (unpaired) electrons. The maximum atomic E-state index is 13.1. The van der Waals surface area contributed by atoms with Gasteiger partial charge in [0, 0.05) is 0 Å². The van der Waals surface area contributed by atoms with E-state index in [1.165, 1.54) is 18.2 Å². The predicted octanol–water partition coefficient (Wildman–Crippen LogP) is 3.93. The van der Waals surface area contributed by atoms with Gasteiger partial charge in [-0.05, 0) is 29.3 Å². The third-order valence-electron chi connectivity index (χ3n) is 2.77. The zero-order chi connectivity index (χ0) is 14.2. The van der Waals surface area contributed by atoms with Crippen molar-refractivity contribution >= 4 is 6.08 Å². The van der Waals surface area contributed by atoms with Crippen LogP contribution in [0.15, 0.2) is 54.6 Å². The molecule has 0 atom stereocenters. The Morgan fingerprint density at radius 1 is 1.15 bits per heavy atom. The molecule has 0 aliphatic rings.